The summed E-state index contributed by atoms with van der Waals surface area (Å²) in [6, 6.07) is 10.9. The Morgan fingerprint density at radius 1 is 1.17 bits per heavy atom. The van der Waals surface area contributed by atoms with Crippen molar-refractivity contribution < 1.29 is 23.1 Å². The molecule has 0 aliphatic heterocycles. The van der Waals surface area contributed by atoms with Crippen molar-refractivity contribution in [2.45, 2.75) is 32.0 Å². The maximum absolute atomic E-state index is 12.8. The second kappa shape index (κ2) is 9.01. The Bertz CT molecular complexity index is 1110. The van der Waals surface area contributed by atoms with Crippen LogP contribution in [0.4, 0.5) is 13.2 Å². The molecule has 0 saturated carbocycles. The van der Waals surface area contributed by atoms with Crippen molar-refractivity contribution in [1.82, 2.24) is 9.55 Å². The van der Waals surface area contributed by atoms with Gasteiger partial charge >= 0.3 is 12.1 Å². The number of carboxylic acids is 1. The number of aromatic carboxylic acids is 1. The molecular weight excluding hydrogens is 441 g/mol. The van der Waals surface area contributed by atoms with Gasteiger partial charge in [0.05, 0.1) is 12.2 Å². The minimum absolute atomic E-state index is 0.0338. The van der Waals surface area contributed by atoms with E-state index in [1.165, 1.54) is 16.7 Å². The van der Waals surface area contributed by atoms with Crippen LogP contribution < -0.4 is 5.56 Å². The molecular formula is C20H16ClF3N2O3S. The van der Waals surface area contributed by atoms with Crippen molar-refractivity contribution in [2.24, 2.45) is 0 Å². The molecule has 158 valence electrons. The van der Waals surface area contributed by atoms with Gasteiger partial charge in [-0.25, -0.2) is 9.78 Å². The summed E-state index contributed by atoms with van der Waals surface area (Å²) in [5, 5.41) is 9.57. The Labute approximate surface area is 178 Å². The van der Waals surface area contributed by atoms with Crippen LogP contribution >= 0.6 is 22.9 Å². The van der Waals surface area contributed by atoms with Gasteiger partial charge < -0.3 is 5.11 Å². The van der Waals surface area contributed by atoms with E-state index in [-0.39, 0.29) is 30.1 Å². The molecule has 2 aromatic heterocycles. The Hall–Kier alpha value is -2.65. The molecule has 0 bridgehead atoms. The van der Waals surface area contributed by atoms with Crippen molar-refractivity contribution in [3.05, 3.63) is 73.4 Å². The highest BCUT2D eigenvalue weighted by atomic mass is 35.5. The van der Waals surface area contributed by atoms with Gasteiger partial charge in [0.2, 0.25) is 0 Å². The van der Waals surface area contributed by atoms with Crippen molar-refractivity contribution in [1.29, 1.82) is 0 Å². The van der Waals surface area contributed by atoms with Gasteiger partial charge in [-0.15, -0.1) is 11.3 Å². The Balaban J connectivity index is 1.97. The molecule has 0 aliphatic rings. The standard InChI is InChI=1S/C20H16ClF3N2O3S/c21-13-5-3-12(4-6-13)15-10-18(27)26(11-14-7-8-16(30-14)19(28)29)17(25-15)2-1-9-20(22,23)24/h3-8,10H,1-2,9,11H2,(H,28,29). The number of carboxylic acid groups (broad SMARTS) is 1. The number of aryl methyl sites for hydroxylation is 1. The number of halogens is 4. The van der Waals surface area contributed by atoms with Crippen LogP contribution in [0, 0.1) is 0 Å². The molecule has 0 spiro atoms. The van der Waals surface area contributed by atoms with E-state index < -0.39 is 24.1 Å². The van der Waals surface area contributed by atoms with Gasteiger partial charge in [-0.3, -0.25) is 9.36 Å². The van der Waals surface area contributed by atoms with E-state index in [4.69, 9.17) is 16.7 Å². The Kier molecular flexibility index (Phi) is 6.62. The third-order valence-corrected chi connectivity index (χ3v) is 5.58. The smallest absolute Gasteiger partial charge is 0.389 e. The van der Waals surface area contributed by atoms with E-state index in [0.717, 1.165) is 11.3 Å². The third kappa shape index (κ3) is 5.70. The molecule has 0 saturated heterocycles. The summed E-state index contributed by atoms with van der Waals surface area (Å²) in [5.74, 6) is -0.873. The number of rotatable bonds is 7. The van der Waals surface area contributed by atoms with E-state index in [1.807, 2.05) is 0 Å². The molecule has 0 radical (unpaired) electrons. The highest BCUT2D eigenvalue weighted by molar-refractivity contribution is 7.13. The van der Waals surface area contributed by atoms with E-state index in [9.17, 15) is 22.8 Å². The lowest BCUT2D eigenvalue weighted by Crippen LogP contribution is -2.25. The molecule has 10 heteroatoms. The molecule has 0 amide bonds. The summed E-state index contributed by atoms with van der Waals surface area (Å²) in [4.78, 5) is 29.0. The molecule has 3 rings (SSSR count). The molecule has 0 atom stereocenters. The number of hydrogen-bond donors (Lipinski definition) is 1. The van der Waals surface area contributed by atoms with Crippen LogP contribution in [0.15, 0.2) is 47.3 Å². The van der Waals surface area contributed by atoms with Crippen LogP contribution in [-0.4, -0.2) is 26.8 Å². The van der Waals surface area contributed by atoms with Crippen LogP contribution in [0.2, 0.25) is 5.02 Å². The maximum Gasteiger partial charge on any atom is 0.389 e. The molecule has 1 aromatic carbocycles. The van der Waals surface area contributed by atoms with E-state index >= 15 is 0 Å². The van der Waals surface area contributed by atoms with E-state index in [2.05, 4.69) is 4.98 Å². The van der Waals surface area contributed by atoms with Crippen LogP contribution in [0.1, 0.15) is 33.2 Å². The number of benzene rings is 1. The van der Waals surface area contributed by atoms with Crippen LogP contribution in [0.3, 0.4) is 0 Å². The Morgan fingerprint density at radius 3 is 2.47 bits per heavy atom. The van der Waals surface area contributed by atoms with Gasteiger partial charge in [-0.05, 0) is 30.7 Å². The van der Waals surface area contributed by atoms with E-state index in [1.54, 1.807) is 30.3 Å². The van der Waals surface area contributed by atoms with Crippen molar-refractivity contribution >= 4 is 28.9 Å². The van der Waals surface area contributed by atoms with Gasteiger partial charge in [0.1, 0.15) is 10.7 Å². The number of carbonyl (C=O) groups is 1. The summed E-state index contributed by atoms with van der Waals surface area (Å²) in [6.45, 7) is 0.0338. The average Bonchev–Trinajstić information content (AvgIpc) is 3.13. The molecule has 0 aliphatic carbocycles. The van der Waals surface area contributed by atoms with Crippen molar-refractivity contribution in [3.63, 3.8) is 0 Å². The van der Waals surface area contributed by atoms with Gasteiger partial charge in [-0.1, -0.05) is 23.7 Å². The lowest BCUT2D eigenvalue weighted by atomic mass is 10.1. The minimum Gasteiger partial charge on any atom is -0.477 e. The highest BCUT2D eigenvalue weighted by Crippen LogP contribution is 2.24. The average molecular weight is 457 g/mol. The number of hydrogen-bond acceptors (Lipinski definition) is 4. The molecule has 5 nitrogen and oxygen atoms in total. The molecule has 3 aromatic rings. The fourth-order valence-corrected chi connectivity index (χ4v) is 3.82. The molecule has 0 fully saturated rings. The van der Waals surface area contributed by atoms with Gasteiger partial charge in [0.25, 0.3) is 5.56 Å². The minimum atomic E-state index is -4.30. The van der Waals surface area contributed by atoms with Crippen LogP contribution in [0.5, 0.6) is 0 Å². The third-order valence-electron chi connectivity index (χ3n) is 4.27. The Morgan fingerprint density at radius 2 is 1.87 bits per heavy atom. The summed E-state index contributed by atoms with van der Waals surface area (Å²) >= 11 is 6.88. The molecule has 1 N–H and O–H groups in total. The first-order valence-corrected chi connectivity index (χ1v) is 10.1. The lowest BCUT2D eigenvalue weighted by Gasteiger charge is -2.14. The van der Waals surface area contributed by atoms with Crippen molar-refractivity contribution in [3.8, 4) is 11.3 Å². The quantitative estimate of drug-likeness (QED) is 0.526. The first-order chi connectivity index (χ1) is 14.1. The topological polar surface area (TPSA) is 72.2 Å². The number of nitrogens with zero attached hydrogens (tertiary/aromatic N) is 2. The lowest BCUT2D eigenvalue weighted by molar-refractivity contribution is -0.135. The molecule has 0 unspecified atom stereocenters. The number of aromatic nitrogens is 2. The molecule has 2 heterocycles. The fourth-order valence-electron chi connectivity index (χ4n) is 2.86. The first kappa shape index (κ1) is 22.0. The second-order valence-corrected chi connectivity index (χ2v) is 8.13. The first-order valence-electron chi connectivity index (χ1n) is 8.88. The van der Waals surface area contributed by atoms with Crippen LogP contribution in [-0.2, 0) is 13.0 Å². The summed E-state index contributed by atoms with van der Waals surface area (Å²) in [7, 11) is 0. The SMILES string of the molecule is O=C(O)c1ccc(Cn2c(CCCC(F)(F)F)nc(-c3ccc(Cl)cc3)cc2=O)s1. The monoisotopic (exact) mass is 456 g/mol. The second-order valence-electron chi connectivity index (χ2n) is 6.53. The zero-order chi connectivity index (χ0) is 21.9. The number of alkyl halides is 3. The van der Waals surface area contributed by atoms with E-state index in [0.29, 0.717) is 21.2 Å². The summed E-state index contributed by atoms with van der Waals surface area (Å²) < 4.78 is 39.1. The van der Waals surface area contributed by atoms with Gasteiger partial charge in [-0.2, -0.15) is 13.2 Å². The fraction of sp³-hybridized carbons (Fsp3) is 0.250. The van der Waals surface area contributed by atoms with Crippen molar-refractivity contribution in [2.75, 3.05) is 0 Å². The largest absolute Gasteiger partial charge is 0.477 e. The maximum atomic E-state index is 12.8. The zero-order valence-corrected chi connectivity index (χ0v) is 17.0. The molecule has 30 heavy (non-hydrogen) atoms. The van der Waals surface area contributed by atoms with Gasteiger partial charge in [0.15, 0.2) is 0 Å². The predicted octanol–water partition coefficient (Wildman–Crippen LogP) is 5.26. The van der Waals surface area contributed by atoms with Gasteiger partial charge in [0, 0.05) is 34.4 Å². The predicted molar refractivity (Wildman–Crippen MR) is 108 cm³/mol. The summed E-state index contributed by atoms with van der Waals surface area (Å²) in [6.07, 6.45) is -5.56. The van der Waals surface area contributed by atoms with Crippen LogP contribution in [0.25, 0.3) is 11.3 Å². The summed E-state index contributed by atoms with van der Waals surface area (Å²) in [5.41, 5.74) is 0.527. The highest BCUT2D eigenvalue weighted by Gasteiger charge is 2.26. The number of thiophene rings is 1. The zero-order valence-electron chi connectivity index (χ0n) is 15.4. The normalized spacial score (nSPS) is 11.6.